The minimum absolute atomic E-state index is 0.110. The van der Waals surface area contributed by atoms with Crippen LogP contribution in [0.4, 0.5) is 0 Å². The Kier molecular flexibility index (Phi) is 6.98. The molecular formula is C14H23NO2S. The second kappa shape index (κ2) is 8.27. The lowest BCUT2D eigenvalue weighted by Crippen LogP contribution is -2.19. The summed E-state index contributed by atoms with van der Waals surface area (Å²) in [6, 6.07) is 4.86. The maximum Gasteiger partial charge on any atom is 0.119 e. The first-order valence-corrected chi connectivity index (χ1v) is 7.78. The van der Waals surface area contributed by atoms with E-state index in [2.05, 4.69) is 11.6 Å². The zero-order valence-electron chi connectivity index (χ0n) is 11.1. The Morgan fingerprint density at radius 2 is 1.78 bits per heavy atom. The van der Waals surface area contributed by atoms with Crippen LogP contribution in [0.5, 0.6) is 11.5 Å². The number of thioether (sulfide) groups is 1. The first-order valence-electron chi connectivity index (χ1n) is 6.38. The monoisotopic (exact) mass is 269 g/mol. The zero-order valence-corrected chi connectivity index (χ0v) is 12.0. The molecule has 0 aliphatic heterocycles. The molecule has 3 N–H and O–H groups in total. The van der Waals surface area contributed by atoms with Gasteiger partial charge in [-0.2, -0.15) is 11.8 Å². The van der Waals surface area contributed by atoms with Crippen molar-refractivity contribution in [1.82, 2.24) is 5.32 Å². The van der Waals surface area contributed by atoms with Gasteiger partial charge in [-0.3, -0.25) is 0 Å². The Bertz CT molecular complexity index is 337. The van der Waals surface area contributed by atoms with E-state index in [9.17, 15) is 10.2 Å². The lowest BCUT2D eigenvalue weighted by Gasteiger charge is -2.14. The molecule has 0 aliphatic rings. The number of nitrogens with one attached hydrogen (secondary N) is 1. The number of phenolic OH excluding ortho intramolecular Hbond substituents is 2. The molecule has 0 aromatic heterocycles. The predicted molar refractivity (Wildman–Crippen MR) is 78.4 cm³/mol. The lowest BCUT2D eigenvalue weighted by atomic mass is 10.1. The van der Waals surface area contributed by atoms with Gasteiger partial charge in [0.2, 0.25) is 0 Å². The summed E-state index contributed by atoms with van der Waals surface area (Å²) < 4.78 is 0. The molecule has 18 heavy (non-hydrogen) atoms. The van der Waals surface area contributed by atoms with E-state index in [4.69, 9.17) is 0 Å². The Labute approximate surface area is 114 Å². The van der Waals surface area contributed by atoms with Crippen LogP contribution in [0.15, 0.2) is 18.2 Å². The highest BCUT2D eigenvalue weighted by Gasteiger charge is 2.07. The molecule has 1 rings (SSSR count). The van der Waals surface area contributed by atoms with Crippen molar-refractivity contribution in [3.8, 4) is 11.5 Å². The Morgan fingerprint density at radius 3 is 2.39 bits per heavy atom. The van der Waals surface area contributed by atoms with Crippen LogP contribution in [0.1, 0.15) is 37.8 Å². The van der Waals surface area contributed by atoms with Crippen molar-refractivity contribution in [2.24, 2.45) is 0 Å². The van der Waals surface area contributed by atoms with Crippen molar-refractivity contribution < 1.29 is 10.2 Å². The van der Waals surface area contributed by atoms with Crippen molar-refractivity contribution in [2.75, 3.05) is 18.6 Å². The summed E-state index contributed by atoms with van der Waals surface area (Å²) in [5.41, 5.74) is 0.914. The third kappa shape index (κ3) is 5.65. The van der Waals surface area contributed by atoms with E-state index in [1.807, 2.05) is 18.7 Å². The van der Waals surface area contributed by atoms with Crippen molar-refractivity contribution in [1.29, 1.82) is 0 Å². The number of unbranched alkanes of at least 4 members (excludes halogenated alkanes) is 2. The third-order valence-corrected chi connectivity index (χ3v) is 3.60. The molecule has 1 unspecified atom stereocenters. The van der Waals surface area contributed by atoms with Gasteiger partial charge in [-0.15, -0.1) is 0 Å². The quantitative estimate of drug-likeness (QED) is 0.634. The fourth-order valence-electron chi connectivity index (χ4n) is 1.85. The largest absolute Gasteiger partial charge is 0.508 e. The summed E-state index contributed by atoms with van der Waals surface area (Å²) in [6.45, 7) is 3.00. The summed E-state index contributed by atoms with van der Waals surface area (Å²) >= 11 is 1.89. The van der Waals surface area contributed by atoms with Gasteiger partial charge in [-0.25, -0.2) is 0 Å². The van der Waals surface area contributed by atoms with E-state index in [1.54, 1.807) is 12.1 Å². The summed E-state index contributed by atoms with van der Waals surface area (Å²) in [6.07, 6.45) is 5.81. The third-order valence-electron chi connectivity index (χ3n) is 2.90. The van der Waals surface area contributed by atoms with E-state index in [1.165, 1.54) is 24.7 Å². The number of hydrogen-bond donors (Lipinski definition) is 3. The Hall–Kier alpha value is -0.870. The van der Waals surface area contributed by atoms with Gasteiger partial charge in [-0.1, -0.05) is 6.42 Å². The summed E-state index contributed by atoms with van der Waals surface area (Å²) in [7, 11) is 0. The van der Waals surface area contributed by atoms with Gasteiger partial charge in [0.25, 0.3) is 0 Å². The van der Waals surface area contributed by atoms with Crippen LogP contribution in [-0.2, 0) is 0 Å². The summed E-state index contributed by atoms with van der Waals surface area (Å²) in [5, 5.41) is 22.2. The molecule has 0 spiro atoms. The first-order chi connectivity index (χ1) is 8.63. The molecule has 1 atom stereocenters. The topological polar surface area (TPSA) is 52.5 Å². The zero-order chi connectivity index (χ0) is 13.4. The fourth-order valence-corrected chi connectivity index (χ4v) is 2.35. The number of hydrogen-bond acceptors (Lipinski definition) is 4. The maximum absolute atomic E-state index is 9.42. The fraction of sp³-hybridized carbons (Fsp3) is 0.571. The van der Waals surface area contributed by atoms with Crippen LogP contribution in [0.3, 0.4) is 0 Å². The van der Waals surface area contributed by atoms with Crippen molar-refractivity contribution in [2.45, 2.75) is 32.2 Å². The molecule has 0 radical (unpaired) electrons. The van der Waals surface area contributed by atoms with Crippen molar-refractivity contribution in [3.05, 3.63) is 23.8 Å². The van der Waals surface area contributed by atoms with Gasteiger partial charge >= 0.3 is 0 Å². The molecule has 0 amide bonds. The van der Waals surface area contributed by atoms with Crippen LogP contribution in [0, 0.1) is 0 Å². The van der Waals surface area contributed by atoms with E-state index in [0.29, 0.717) is 0 Å². The number of aromatic hydroxyl groups is 2. The van der Waals surface area contributed by atoms with Gasteiger partial charge < -0.3 is 15.5 Å². The number of benzene rings is 1. The molecule has 1 aromatic rings. The van der Waals surface area contributed by atoms with Crippen molar-refractivity contribution >= 4 is 11.8 Å². The molecule has 0 heterocycles. The normalized spacial score (nSPS) is 12.6. The highest BCUT2D eigenvalue weighted by atomic mass is 32.2. The van der Waals surface area contributed by atoms with Gasteiger partial charge in [0.15, 0.2) is 0 Å². The summed E-state index contributed by atoms with van der Waals surface area (Å²) in [4.78, 5) is 0. The minimum Gasteiger partial charge on any atom is -0.508 e. The first kappa shape index (κ1) is 15.2. The SMILES string of the molecule is CSCCCCCNC(C)c1cc(O)cc(O)c1. The standard InChI is InChI=1S/C14H23NO2S/c1-11(15-6-4-3-5-7-18-2)12-8-13(16)10-14(17)9-12/h8-11,15-17H,3-7H2,1-2H3. The van der Waals surface area contributed by atoms with Crippen LogP contribution in [-0.4, -0.2) is 28.8 Å². The van der Waals surface area contributed by atoms with E-state index in [0.717, 1.165) is 18.5 Å². The molecule has 102 valence electrons. The highest BCUT2D eigenvalue weighted by Crippen LogP contribution is 2.24. The van der Waals surface area contributed by atoms with Gasteiger partial charge in [0.1, 0.15) is 11.5 Å². The average molecular weight is 269 g/mol. The van der Waals surface area contributed by atoms with Crippen LogP contribution in [0.25, 0.3) is 0 Å². The predicted octanol–water partition coefficient (Wildman–Crippen LogP) is 3.28. The molecule has 0 saturated heterocycles. The highest BCUT2D eigenvalue weighted by molar-refractivity contribution is 7.98. The molecule has 0 bridgehead atoms. The minimum atomic E-state index is 0.110. The average Bonchev–Trinajstić information content (AvgIpc) is 2.32. The summed E-state index contributed by atoms with van der Waals surface area (Å²) in [5.74, 6) is 1.45. The van der Waals surface area contributed by atoms with Crippen molar-refractivity contribution in [3.63, 3.8) is 0 Å². The smallest absolute Gasteiger partial charge is 0.119 e. The lowest BCUT2D eigenvalue weighted by molar-refractivity contribution is 0.445. The molecule has 0 aliphatic carbocycles. The van der Waals surface area contributed by atoms with Gasteiger partial charge in [0.05, 0.1) is 0 Å². The van der Waals surface area contributed by atoms with Crippen LogP contribution < -0.4 is 5.32 Å². The van der Waals surface area contributed by atoms with E-state index < -0.39 is 0 Å². The van der Waals surface area contributed by atoms with Gasteiger partial charge in [-0.05, 0) is 56.0 Å². The number of phenols is 2. The molecule has 3 nitrogen and oxygen atoms in total. The number of rotatable bonds is 8. The second-order valence-corrected chi connectivity index (χ2v) is 5.50. The molecule has 4 heteroatoms. The van der Waals surface area contributed by atoms with E-state index >= 15 is 0 Å². The Morgan fingerprint density at radius 1 is 1.11 bits per heavy atom. The second-order valence-electron chi connectivity index (χ2n) is 4.51. The molecular weight excluding hydrogens is 246 g/mol. The van der Waals surface area contributed by atoms with Crippen LogP contribution >= 0.6 is 11.8 Å². The van der Waals surface area contributed by atoms with E-state index in [-0.39, 0.29) is 17.5 Å². The molecule has 1 aromatic carbocycles. The van der Waals surface area contributed by atoms with Crippen LogP contribution in [0.2, 0.25) is 0 Å². The molecule has 0 fully saturated rings. The maximum atomic E-state index is 9.42. The Balaban J connectivity index is 2.29. The van der Waals surface area contributed by atoms with Gasteiger partial charge in [0, 0.05) is 12.1 Å². The molecule has 0 saturated carbocycles.